The van der Waals surface area contributed by atoms with Crippen molar-refractivity contribution in [2.24, 2.45) is 0 Å². The van der Waals surface area contributed by atoms with Gasteiger partial charge in [0.05, 0.1) is 23.4 Å². The van der Waals surface area contributed by atoms with Gasteiger partial charge >= 0.3 is 0 Å². The zero-order chi connectivity index (χ0) is 17.7. The van der Waals surface area contributed by atoms with Crippen molar-refractivity contribution in [3.63, 3.8) is 0 Å². The molecule has 0 aromatic heterocycles. The molecule has 1 amide bonds. The molecule has 1 saturated heterocycles. The maximum atomic E-state index is 12.1. The first-order valence-corrected chi connectivity index (χ1v) is 11.0. The predicted octanol–water partition coefficient (Wildman–Crippen LogP) is 2.11. The lowest BCUT2D eigenvalue weighted by Crippen LogP contribution is -2.40. The van der Waals surface area contributed by atoms with Crippen LogP contribution in [0.5, 0.6) is 5.75 Å². The number of carbonyl (C=O) groups excluding carboxylic acids is 1. The van der Waals surface area contributed by atoms with Crippen molar-refractivity contribution in [2.75, 3.05) is 23.9 Å². The number of para-hydroxylation sites is 1. The zero-order valence-corrected chi connectivity index (χ0v) is 16.0. The monoisotopic (exact) mass is 371 g/mol. The van der Waals surface area contributed by atoms with E-state index >= 15 is 0 Å². The van der Waals surface area contributed by atoms with Crippen LogP contribution in [0.1, 0.15) is 24.5 Å². The van der Waals surface area contributed by atoms with Crippen molar-refractivity contribution in [3.05, 3.63) is 29.3 Å². The average Bonchev–Trinajstić information content (AvgIpc) is 2.84. The fraction of sp³-hybridized carbons (Fsp3) is 0.588. The molecule has 0 aliphatic carbocycles. The van der Waals surface area contributed by atoms with E-state index in [1.54, 1.807) is 0 Å². The minimum atomic E-state index is -2.97. The Bertz CT molecular complexity index is 668. The minimum absolute atomic E-state index is 0.0613. The first-order chi connectivity index (χ1) is 11.3. The van der Waals surface area contributed by atoms with Crippen LogP contribution in [-0.2, 0) is 14.6 Å². The highest BCUT2D eigenvalue weighted by atomic mass is 32.2. The van der Waals surface area contributed by atoms with Gasteiger partial charge in [-0.2, -0.15) is 0 Å². The summed E-state index contributed by atoms with van der Waals surface area (Å²) in [5.41, 5.74) is 2.21. The molecule has 5 nitrogen and oxygen atoms in total. The highest BCUT2D eigenvalue weighted by Crippen LogP contribution is 2.23. The van der Waals surface area contributed by atoms with Gasteiger partial charge in [0.1, 0.15) is 5.75 Å². The van der Waals surface area contributed by atoms with Gasteiger partial charge < -0.3 is 10.1 Å². The fourth-order valence-corrected chi connectivity index (χ4v) is 5.12. The molecule has 0 bridgehead atoms. The first kappa shape index (κ1) is 19.1. The molecule has 1 aromatic carbocycles. The van der Waals surface area contributed by atoms with E-state index in [1.165, 1.54) is 11.8 Å². The molecule has 134 valence electrons. The largest absolute Gasteiger partial charge is 0.492 e. The van der Waals surface area contributed by atoms with Crippen molar-refractivity contribution in [1.29, 1.82) is 0 Å². The van der Waals surface area contributed by atoms with E-state index in [-0.39, 0.29) is 28.7 Å². The van der Waals surface area contributed by atoms with Crippen LogP contribution >= 0.6 is 11.8 Å². The first-order valence-electron chi connectivity index (χ1n) is 8.10. The summed E-state index contributed by atoms with van der Waals surface area (Å²) in [6, 6.07) is 5.79. The second-order valence-corrected chi connectivity index (χ2v) is 9.87. The summed E-state index contributed by atoms with van der Waals surface area (Å²) in [5, 5.41) is 2.60. The van der Waals surface area contributed by atoms with Crippen LogP contribution in [0.3, 0.4) is 0 Å². The molecule has 1 aromatic rings. The molecule has 0 spiro atoms. The molecule has 2 atom stereocenters. The number of thioether (sulfide) groups is 1. The van der Waals surface area contributed by atoms with E-state index in [0.29, 0.717) is 18.8 Å². The molecule has 1 aliphatic rings. The number of aryl methyl sites for hydroxylation is 2. The van der Waals surface area contributed by atoms with Gasteiger partial charge in [-0.05, 0) is 38.3 Å². The molecule has 1 heterocycles. The van der Waals surface area contributed by atoms with Crippen LogP contribution in [0.4, 0.5) is 0 Å². The highest BCUT2D eigenvalue weighted by molar-refractivity contribution is 8.00. The zero-order valence-electron chi connectivity index (χ0n) is 14.4. The Kier molecular flexibility index (Phi) is 6.57. The van der Waals surface area contributed by atoms with Crippen LogP contribution in [0.2, 0.25) is 0 Å². The topological polar surface area (TPSA) is 72.5 Å². The van der Waals surface area contributed by atoms with E-state index in [9.17, 15) is 13.2 Å². The summed E-state index contributed by atoms with van der Waals surface area (Å²) >= 11 is 1.51. The van der Waals surface area contributed by atoms with Crippen molar-refractivity contribution >= 4 is 27.5 Å². The molecule has 0 saturated carbocycles. The van der Waals surface area contributed by atoms with Gasteiger partial charge in [-0.1, -0.05) is 18.2 Å². The maximum Gasteiger partial charge on any atom is 0.233 e. The lowest BCUT2D eigenvalue weighted by Gasteiger charge is -2.16. The summed E-state index contributed by atoms with van der Waals surface area (Å²) in [5.74, 6) is 1.74. The molecule has 2 rings (SSSR count). The maximum absolute atomic E-state index is 12.1. The molecular weight excluding hydrogens is 346 g/mol. The smallest absolute Gasteiger partial charge is 0.233 e. The lowest BCUT2D eigenvalue weighted by molar-refractivity contribution is -0.120. The number of benzene rings is 1. The highest BCUT2D eigenvalue weighted by Gasteiger charge is 2.29. The number of hydrogen-bond acceptors (Lipinski definition) is 5. The van der Waals surface area contributed by atoms with Gasteiger partial charge in [0.25, 0.3) is 0 Å². The van der Waals surface area contributed by atoms with Gasteiger partial charge in [0, 0.05) is 11.8 Å². The third-order valence-corrected chi connectivity index (χ3v) is 6.94. The number of carbonyl (C=O) groups is 1. The molecule has 24 heavy (non-hydrogen) atoms. The van der Waals surface area contributed by atoms with Gasteiger partial charge in [-0.15, -0.1) is 11.8 Å². The van der Waals surface area contributed by atoms with Crippen LogP contribution in [0, 0.1) is 13.8 Å². The van der Waals surface area contributed by atoms with Crippen LogP contribution in [0.15, 0.2) is 18.2 Å². The van der Waals surface area contributed by atoms with E-state index in [4.69, 9.17) is 4.74 Å². The summed E-state index contributed by atoms with van der Waals surface area (Å²) in [7, 11) is -2.97. The number of rotatable bonds is 7. The molecule has 1 fully saturated rings. The Balaban J connectivity index is 1.71. The quantitative estimate of drug-likeness (QED) is 0.743. The van der Waals surface area contributed by atoms with E-state index in [0.717, 1.165) is 16.9 Å². The van der Waals surface area contributed by atoms with Crippen molar-refractivity contribution in [1.82, 2.24) is 5.32 Å². The second-order valence-electron chi connectivity index (χ2n) is 6.19. The Morgan fingerprint density at radius 1 is 1.38 bits per heavy atom. The lowest BCUT2D eigenvalue weighted by atomic mass is 10.1. The van der Waals surface area contributed by atoms with Crippen LogP contribution in [0.25, 0.3) is 0 Å². The van der Waals surface area contributed by atoms with Crippen LogP contribution < -0.4 is 10.1 Å². The molecular formula is C17H25NO4S2. The van der Waals surface area contributed by atoms with E-state index in [2.05, 4.69) is 5.32 Å². The molecule has 2 unspecified atom stereocenters. The van der Waals surface area contributed by atoms with Crippen molar-refractivity contribution in [2.45, 2.75) is 38.5 Å². The Morgan fingerprint density at radius 2 is 2.04 bits per heavy atom. The third-order valence-electron chi connectivity index (χ3n) is 4.05. The van der Waals surface area contributed by atoms with Gasteiger partial charge in [-0.3, -0.25) is 4.79 Å². The van der Waals surface area contributed by atoms with Crippen LogP contribution in [-0.4, -0.2) is 49.5 Å². The molecule has 0 radical (unpaired) electrons. The summed E-state index contributed by atoms with van der Waals surface area (Å²) in [6.45, 7) is 6.40. The number of sulfone groups is 1. The molecule has 7 heteroatoms. The third kappa shape index (κ3) is 5.41. The number of hydrogen-bond donors (Lipinski definition) is 1. The summed E-state index contributed by atoms with van der Waals surface area (Å²) in [6.07, 6.45) is 0.515. The number of amides is 1. The summed E-state index contributed by atoms with van der Waals surface area (Å²) < 4.78 is 28.7. The predicted molar refractivity (Wildman–Crippen MR) is 98.5 cm³/mol. The standard InChI is InChI=1S/C17H25NO4S2/c1-12-5-4-6-13(2)16(12)22-8-9-23-14(3)17(19)18-15-7-10-24(20,21)11-15/h4-6,14-15H,7-11H2,1-3H3,(H,18,19). The Morgan fingerprint density at radius 3 is 2.62 bits per heavy atom. The SMILES string of the molecule is Cc1cccc(C)c1OCCSC(C)C(=O)NC1CCS(=O)(=O)C1. The number of ether oxygens (including phenoxy) is 1. The second kappa shape index (κ2) is 8.25. The Labute approximate surface area is 148 Å². The Hall–Kier alpha value is -1.21. The average molecular weight is 372 g/mol. The van der Waals surface area contributed by atoms with E-state index < -0.39 is 9.84 Å². The van der Waals surface area contributed by atoms with Crippen molar-refractivity contribution < 1.29 is 17.9 Å². The number of nitrogens with one attached hydrogen (secondary N) is 1. The fourth-order valence-electron chi connectivity index (χ4n) is 2.70. The van der Waals surface area contributed by atoms with Crippen molar-refractivity contribution in [3.8, 4) is 5.75 Å². The normalized spacial score (nSPS) is 20.5. The minimum Gasteiger partial charge on any atom is -0.492 e. The summed E-state index contributed by atoms with van der Waals surface area (Å²) in [4.78, 5) is 12.1. The van der Waals surface area contributed by atoms with E-state index in [1.807, 2.05) is 39.0 Å². The molecule has 1 N–H and O–H groups in total. The van der Waals surface area contributed by atoms with Gasteiger partial charge in [0.15, 0.2) is 9.84 Å². The molecule has 1 aliphatic heterocycles. The van der Waals surface area contributed by atoms with Gasteiger partial charge in [-0.25, -0.2) is 8.42 Å². The van der Waals surface area contributed by atoms with Gasteiger partial charge in [0.2, 0.25) is 5.91 Å².